The van der Waals surface area contributed by atoms with Crippen LogP contribution in [0.1, 0.15) is 65.4 Å². The Kier molecular flexibility index (Phi) is 3.12. The maximum absolute atomic E-state index is 9.79. The first-order chi connectivity index (χ1) is 10.7. The van der Waals surface area contributed by atoms with Crippen molar-refractivity contribution in [3.8, 4) is 11.5 Å². The Morgan fingerprint density at radius 3 is 2.61 bits per heavy atom. The summed E-state index contributed by atoms with van der Waals surface area (Å²) in [6.45, 7) is 9.81. The van der Waals surface area contributed by atoms with E-state index in [-0.39, 0.29) is 5.60 Å². The lowest BCUT2D eigenvalue weighted by molar-refractivity contribution is -0.162. The highest BCUT2D eigenvalue weighted by molar-refractivity contribution is 5.43. The number of phenols is 1. The summed E-state index contributed by atoms with van der Waals surface area (Å²) < 4.78 is 6.53. The molecule has 2 aliphatic carbocycles. The molecule has 2 nitrogen and oxygen atoms in total. The highest BCUT2D eigenvalue weighted by atomic mass is 16.5. The zero-order chi connectivity index (χ0) is 16.5. The quantitative estimate of drug-likeness (QED) is 0.701. The number of ether oxygens (including phenoxy) is 1. The number of phenolic OH excluding ortho intramolecular Hbond substituents is 1. The van der Waals surface area contributed by atoms with E-state index < -0.39 is 0 Å². The van der Waals surface area contributed by atoms with E-state index >= 15 is 0 Å². The summed E-state index contributed by atoms with van der Waals surface area (Å²) in [7, 11) is 0. The van der Waals surface area contributed by atoms with Gasteiger partial charge in [-0.3, -0.25) is 0 Å². The zero-order valence-corrected chi connectivity index (χ0v) is 15.0. The van der Waals surface area contributed by atoms with E-state index in [1.807, 2.05) is 0 Å². The Bertz CT molecular complexity index is 635. The van der Waals surface area contributed by atoms with Gasteiger partial charge in [0.1, 0.15) is 17.1 Å². The molecule has 2 fully saturated rings. The maximum atomic E-state index is 9.79. The van der Waals surface area contributed by atoms with Gasteiger partial charge in [0.25, 0.3) is 0 Å². The third kappa shape index (κ3) is 2.13. The standard InChI is InChI=1S/C21H30O2/c1-19(2)9-5-10-20(3)17(19)8-11-21(4)18(20)12-14-6-7-15(22)13-16(14)23-21/h6-7,13,17-18,22H,5,8-12H2,1-4H3/t17-,18+,20-,21+/m0/s1. The third-order valence-electron chi connectivity index (χ3n) is 7.56. The molecule has 1 aliphatic heterocycles. The van der Waals surface area contributed by atoms with Crippen LogP contribution in [-0.4, -0.2) is 10.7 Å². The van der Waals surface area contributed by atoms with Crippen LogP contribution in [0.25, 0.3) is 0 Å². The smallest absolute Gasteiger partial charge is 0.127 e. The lowest BCUT2D eigenvalue weighted by Gasteiger charge is -2.63. The molecule has 1 N–H and O–H groups in total. The summed E-state index contributed by atoms with van der Waals surface area (Å²) in [5.41, 5.74) is 2.00. The molecular weight excluding hydrogens is 284 g/mol. The molecule has 1 heterocycles. The second-order valence-electron chi connectivity index (χ2n) is 9.40. The Morgan fingerprint density at radius 2 is 1.83 bits per heavy atom. The number of hydrogen-bond acceptors (Lipinski definition) is 2. The van der Waals surface area contributed by atoms with Gasteiger partial charge in [0.05, 0.1) is 0 Å². The molecule has 0 unspecified atom stereocenters. The largest absolute Gasteiger partial charge is 0.508 e. The van der Waals surface area contributed by atoms with Gasteiger partial charge in [-0.25, -0.2) is 0 Å². The van der Waals surface area contributed by atoms with Gasteiger partial charge in [-0.2, -0.15) is 0 Å². The van der Waals surface area contributed by atoms with Crippen LogP contribution < -0.4 is 4.74 Å². The fourth-order valence-corrected chi connectivity index (χ4v) is 6.46. The highest BCUT2D eigenvalue weighted by Gasteiger charge is 2.60. The van der Waals surface area contributed by atoms with Gasteiger partial charge in [0, 0.05) is 12.0 Å². The van der Waals surface area contributed by atoms with Gasteiger partial charge >= 0.3 is 0 Å². The Balaban J connectivity index is 1.77. The van der Waals surface area contributed by atoms with E-state index in [9.17, 15) is 5.11 Å². The van der Waals surface area contributed by atoms with E-state index in [4.69, 9.17) is 4.74 Å². The minimum atomic E-state index is -0.0839. The van der Waals surface area contributed by atoms with E-state index in [0.29, 0.717) is 22.5 Å². The van der Waals surface area contributed by atoms with Gasteiger partial charge in [-0.1, -0.05) is 33.3 Å². The molecule has 0 amide bonds. The van der Waals surface area contributed by atoms with Crippen molar-refractivity contribution in [3.05, 3.63) is 23.8 Å². The van der Waals surface area contributed by atoms with Crippen molar-refractivity contribution >= 4 is 0 Å². The lowest BCUT2D eigenvalue weighted by Crippen LogP contribution is -2.61. The van der Waals surface area contributed by atoms with Gasteiger partial charge in [-0.05, 0) is 67.4 Å². The average Bonchev–Trinajstić information content (AvgIpc) is 2.44. The van der Waals surface area contributed by atoms with Crippen molar-refractivity contribution < 1.29 is 9.84 Å². The molecule has 0 radical (unpaired) electrons. The van der Waals surface area contributed by atoms with Crippen LogP contribution in [0.2, 0.25) is 0 Å². The first kappa shape index (κ1) is 15.4. The van der Waals surface area contributed by atoms with Crippen LogP contribution in [-0.2, 0) is 6.42 Å². The number of benzene rings is 1. The number of rotatable bonds is 0. The minimum absolute atomic E-state index is 0.0839. The van der Waals surface area contributed by atoms with Crippen molar-refractivity contribution in [2.45, 2.75) is 71.8 Å². The Labute approximate surface area is 140 Å². The second kappa shape index (κ2) is 4.68. The molecule has 3 aliphatic rings. The zero-order valence-electron chi connectivity index (χ0n) is 15.0. The molecule has 23 heavy (non-hydrogen) atoms. The predicted molar refractivity (Wildman–Crippen MR) is 92.8 cm³/mol. The van der Waals surface area contributed by atoms with Crippen LogP contribution in [0.3, 0.4) is 0 Å². The monoisotopic (exact) mass is 314 g/mol. The number of aromatic hydroxyl groups is 1. The Hall–Kier alpha value is -1.18. The normalized spacial score (nSPS) is 41.2. The molecule has 2 saturated carbocycles. The molecular formula is C21H30O2. The first-order valence-corrected chi connectivity index (χ1v) is 9.26. The molecule has 0 spiro atoms. The first-order valence-electron chi connectivity index (χ1n) is 9.26. The van der Waals surface area contributed by atoms with Crippen molar-refractivity contribution in [3.63, 3.8) is 0 Å². The van der Waals surface area contributed by atoms with Crippen molar-refractivity contribution in [2.75, 3.05) is 0 Å². The fourth-order valence-electron chi connectivity index (χ4n) is 6.46. The van der Waals surface area contributed by atoms with Gasteiger partial charge < -0.3 is 9.84 Å². The lowest BCUT2D eigenvalue weighted by atomic mass is 9.44. The molecule has 0 aromatic heterocycles. The molecule has 4 rings (SSSR count). The van der Waals surface area contributed by atoms with E-state index in [0.717, 1.165) is 24.5 Å². The average molecular weight is 314 g/mol. The topological polar surface area (TPSA) is 29.5 Å². The van der Waals surface area contributed by atoms with Crippen molar-refractivity contribution in [2.24, 2.45) is 22.7 Å². The van der Waals surface area contributed by atoms with Crippen LogP contribution in [0.15, 0.2) is 18.2 Å². The van der Waals surface area contributed by atoms with Crippen molar-refractivity contribution in [1.82, 2.24) is 0 Å². The molecule has 0 bridgehead atoms. The third-order valence-corrected chi connectivity index (χ3v) is 7.56. The minimum Gasteiger partial charge on any atom is -0.508 e. The summed E-state index contributed by atoms with van der Waals surface area (Å²) in [5.74, 6) is 2.58. The van der Waals surface area contributed by atoms with E-state index in [1.165, 1.54) is 31.2 Å². The SMILES string of the molecule is CC1(C)CCC[C@]2(C)[C@H]3Cc4ccc(O)cc4O[C@]3(C)CC[C@@H]12. The van der Waals surface area contributed by atoms with Crippen LogP contribution in [0, 0.1) is 22.7 Å². The second-order valence-corrected chi connectivity index (χ2v) is 9.40. The summed E-state index contributed by atoms with van der Waals surface area (Å²) in [6.07, 6.45) is 7.53. The highest BCUT2D eigenvalue weighted by Crippen LogP contribution is 2.64. The van der Waals surface area contributed by atoms with Crippen LogP contribution in [0.4, 0.5) is 0 Å². The molecule has 126 valence electrons. The van der Waals surface area contributed by atoms with Crippen LogP contribution in [0.5, 0.6) is 11.5 Å². The molecule has 1 aromatic rings. The molecule has 4 atom stereocenters. The molecule has 1 aromatic carbocycles. The van der Waals surface area contributed by atoms with E-state index in [1.54, 1.807) is 12.1 Å². The summed E-state index contributed by atoms with van der Waals surface area (Å²) in [4.78, 5) is 0. The number of fused-ring (bicyclic) bond motifs is 4. The molecule has 2 heteroatoms. The number of hydrogen-bond donors (Lipinski definition) is 1. The fraction of sp³-hybridized carbons (Fsp3) is 0.714. The maximum Gasteiger partial charge on any atom is 0.127 e. The summed E-state index contributed by atoms with van der Waals surface area (Å²) in [6, 6.07) is 5.67. The van der Waals surface area contributed by atoms with Gasteiger partial charge in [0.15, 0.2) is 0 Å². The van der Waals surface area contributed by atoms with Gasteiger partial charge in [0.2, 0.25) is 0 Å². The summed E-state index contributed by atoms with van der Waals surface area (Å²) >= 11 is 0. The Morgan fingerprint density at radius 1 is 1.04 bits per heavy atom. The van der Waals surface area contributed by atoms with E-state index in [2.05, 4.69) is 33.8 Å². The molecule has 0 saturated heterocycles. The summed E-state index contributed by atoms with van der Waals surface area (Å²) in [5, 5.41) is 9.79. The van der Waals surface area contributed by atoms with Crippen LogP contribution >= 0.6 is 0 Å². The predicted octanol–water partition coefficient (Wildman–Crippen LogP) is 5.33. The van der Waals surface area contributed by atoms with Gasteiger partial charge in [-0.15, -0.1) is 0 Å². The van der Waals surface area contributed by atoms with Crippen molar-refractivity contribution in [1.29, 1.82) is 0 Å².